The van der Waals surface area contributed by atoms with Crippen molar-refractivity contribution < 1.29 is 9.13 Å². The van der Waals surface area contributed by atoms with Crippen molar-refractivity contribution in [1.82, 2.24) is 25.1 Å². The molecule has 0 aliphatic carbocycles. The number of hydrogen-bond donors (Lipinski definition) is 1. The van der Waals surface area contributed by atoms with E-state index in [4.69, 9.17) is 4.74 Å². The van der Waals surface area contributed by atoms with Gasteiger partial charge in [-0.15, -0.1) is 0 Å². The molecule has 3 heterocycles. The third kappa shape index (κ3) is 2.93. The monoisotopic (exact) mass is 291 g/mol. The van der Waals surface area contributed by atoms with Crippen LogP contribution in [-0.2, 0) is 11.3 Å². The second-order valence-corrected chi connectivity index (χ2v) is 5.28. The molecule has 2 atom stereocenters. The number of ether oxygens (including phenoxy) is 1. The smallest absolute Gasteiger partial charge is 0.167 e. The van der Waals surface area contributed by atoms with E-state index in [9.17, 15) is 4.39 Å². The highest BCUT2D eigenvalue weighted by molar-refractivity contribution is 5.14. The number of rotatable bonds is 4. The van der Waals surface area contributed by atoms with Crippen molar-refractivity contribution in [3.8, 4) is 0 Å². The fraction of sp³-hybridized carbons (Fsp3) is 0.500. The summed E-state index contributed by atoms with van der Waals surface area (Å²) in [6.45, 7) is 3.09. The number of pyridine rings is 1. The van der Waals surface area contributed by atoms with Gasteiger partial charge in [-0.1, -0.05) is 0 Å². The highest BCUT2D eigenvalue weighted by atomic mass is 19.1. The average Bonchev–Trinajstić information content (AvgIpc) is 3.07. The van der Waals surface area contributed by atoms with E-state index < -0.39 is 0 Å². The summed E-state index contributed by atoms with van der Waals surface area (Å²) in [5.41, 5.74) is 0.624. The Morgan fingerprint density at radius 1 is 1.52 bits per heavy atom. The van der Waals surface area contributed by atoms with Crippen LogP contribution in [-0.4, -0.2) is 44.8 Å². The Bertz CT molecular complexity index is 617. The molecule has 1 fully saturated rings. The molecule has 6 nitrogen and oxygen atoms in total. The molecule has 3 rings (SSSR count). The summed E-state index contributed by atoms with van der Waals surface area (Å²) >= 11 is 0. The number of H-pyrrole nitrogens is 1. The van der Waals surface area contributed by atoms with E-state index in [1.54, 1.807) is 19.4 Å². The number of hydrogen-bond acceptors (Lipinski definition) is 5. The van der Waals surface area contributed by atoms with Crippen LogP contribution in [0.15, 0.2) is 18.5 Å². The van der Waals surface area contributed by atoms with Crippen molar-refractivity contribution in [2.24, 2.45) is 0 Å². The van der Waals surface area contributed by atoms with E-state index >= 15 is 0 Å². The molecule has 1 saturated heterocycles. The number of aromatic nitrogens is 4. The molecular formula is C14H18FN5O. The first kappa shape index (κ1) is 14.1. The van der Waals surface area contributed by atoms with Crippen LogP contribution in [0, 0.1) is 12.7 Å². The van der Waals surface area contributed by atoms with Crippen LogP contribution in [0.5, 0.6) is 0 Å². The van der Waals surface area contributed by atoms with Gasteiger partial charge >= 0.3 is 0 Å². The topological polar surface area (TPSA) is 66.9 Å². The molecule has 0 bridgehead atoms. The van der Waals surface area contributed by atoms with Crippen LogP contribution >= 0.6 is 0 Å². The second kappa shape index (κ2) is 5.87. The van der Waals surface area contributed by atoms with E-state index in [0.717, 1.165) is 24.6 Å². The molecule has 0 unspecified atom stereocenters. The molecule has 1 aliphatic heterocycles. The largest absolute Gasteiger partial charge is 0.380 e. The fourth-order valence-electron chi connectivity index (χ4n) is 2.74. The lowest BCUT2D eigenvalue weighted by molar-refractivity contribution is 0.107. The van der Waals surface area contributed by atoms with E-state index in [1.165, 1.54) is 6.20 Å². The average molecular weight is 291 g/mol. The zero-order valence-corrected chi connectivity index (χ0v) is 12.1. The van der Waals surface area contributed by atoms with E-state index in [1.807, 2.05) is 6.92 Å². The highest BCUT2D eigenvalue weighted by Crippen LogP contribution is 2.32. The summed E-state index contributed by atoms with van der Waals surface area (Å²) in [6, 6.07) is 1.74. The van der Waals surface area contributed by atoms with Gasteiger partial charge in [-0.05, 0) is 19.4 Å². The Hall–Kier alpha value is -1.86. The normalized spacial score (nSPS) is 22.8. The van der Waals surface area contributed by atoms with Crippen molar-refractivity contribution in [1.29, 1.82) is 0 Å². The molecule has 0 saturated carbocycles. The van der Waals surface area contributed by atoms with E-state index in [2.05, 4.69) is 25.1 Å². The summed E-state index contributed by atoms with van der Waals surface area (Å²) in [5.74, 6) is 1.23. The van der Waals surface area contributed by atoms with Crippen LogP contribution in [0.2, 0.25) is 0 Å². The molecule has 1 N–H and O–H groups in total. The molecule has 21 heavy (non-hydrogen) atoms. The van der Waals surface area contributed by atoms with Gasteiger partial charge < -0.3 is 4.74 Å². The van der Waals surface area contributed by atoms with Gasteiger partial charge in [-0.25, -0.2) is 9.37 Å². The van der Waals surface area contributed by atoms with Gasteiger partial charge in [0.15, 0.2) is 5.82 Å². The lowest BCUT2D eigenvalue weighted by atomic mass is 10.1. The first-order chi connectivity index (χ1) is 10.2. The van der Waals surface area contributed by atoms with Crippen LogP contribution in [0.4, 0.5) is 4.39 Å². The lowest BCUT2D eigenvalue weighted by Gasteiger charge is -2.22. The Balaban J connectivity index is 1.82. The highest BCUT2D eigenvalue weighted by Gasteiger charge is 2.35. The van der Waals surface area contributed by atoms with Crippen LogP contribution < -0.4 is 0 Å². The lowest BCUT2D eigenvalue weighted by Crippen LogP contribution is -2.26. The van der Waals surface area contributed by atoms with Gasteiger partial charge in [-0.2, -0.15) is 5.10 Å². The summed E-state index contributed by atoms with van der Waals surface area (Å²) in [7, 11) is 1.70. The summed E-state index contributed by atoms with van der Waals surface area (Å²) < 4.78 is 19.3. The molecule has 1 aliphatic rings. The van der Waals surface area contributed by atoms with E-state index in [0.29, 0.717) is 12.1 Å². The van der Waals surface area contributed by atoms with Crippen LogP contribution in [0.1, 0.15) is 29.7 Å². The van der Waals surface area contributed by atoms with Crippen molar-refractivity contribution in [2.75, 3.05) is 13.7 Å². The Kier molecular flexibility index (Phi) is 3.94. The van der Waals surface area contributed by atoms with Crippen molar-refractivity contribution in [3.05, 3.63) is 41.5 Å². The summed E-state index contributed by atoms with van der Waals surface area (Å²) in [5, 5.41) is 7.10. The van der Waals surface area contributed by atoms with Gasteiger partial charge in [0.2, 0.25) is 0 Å². The van der Waals surface area contributed by atoms with Crippen LogP contribution in [0.3, 0.4) is 0 Å². The van der Waals surface area contributed by atoms with Gasteiger partial charge in [0, 0.05) is 32.0 Å². The summed E-state index contributed by atoms with van der Waals surface area (Å²) in [4.78, 5) is 10.3. The number of aryl methyl sites for hydroxylation is 1. The standard InChI is InChI=1S/C14H18FN5O/c1-9-17-14(19-18-9)13-5-11(21-2)8-20(13)7-10-3-4-16-6-12(10)15/h3-4,6,11,13H,5,7-8H2,1-2H3,(H,17,18,19)/t11-,13-/m0/s1. The van der Waals surface area contributed by atoms with Crippen molar-refractivity contribution in [2.45, 2.75) is 32.0 Å². The minimum absolute atomic E-state index is 0.0347. The molecule has 0 aromatic carbocycles. The number of likely N-dealkylation sites (tertiary alicyclic amines) is 1. The minimum Gasteiger partial charge on any atom is -0.380 e. The van der Waals surface area contributed by atoms with Gasteiger partial charge in [0.05, 0.1) is 18.3 Å². The molecule has 7 heteroatoms. The maximum Gasteiger partial charge on any atom is 0.167 e. The maximum atomic E-state index is 13.8. The summed E-state index contributed by atoms with van der Waals surface area (Å²) in [6.07, 6.45) is 3.76. The predicted octanol–water partition coefficient (Wildman–Crippen LogP) is 1.61. The molecule has 0 amide bonds. The van der Waals surface area contributed by atoms with Crippen LogP contribution in [0.25, 0.3) is 0 Å². The molecule has 112 valence electrons. The van der Waals surface area contributed by atoms with Gasteiger partial charge in [0.25, 0.3) is 0 Å². The Morgan fingerprint density at radius 3 is 3.05 bits per heavy atom. The fourth-order valence-corrected chi connectivity index (χ4v) is 2.74. The molecular weight excluding hydrogens is 273 g/mol. The van der Waals surface area contributed by atoms with E-state index in [-0.39, 0.29) is 18.0 Å². The Morgan fingerprint density at radius 2 is 2.38 bits per heavy atom. The minimum atomic E-state index is -0.289. The zero-order chi connectivity index (χ0) is 14.8. The predicted molar refractivity (Wildman–Crippen MR) is 73.9 cm³/mol. The third-order valence-corrected chi connectivity index (χ3v) is 3.84. The van der Waals surface area contributed by atoms with Gasteiger partial charge in [-0.3, -0.25) is 15.0 Å². The number of nitrogens with zero attached hydrogens (tertiary/aromatic N) is 4. The number of nitrogens with one attached hydrogen (secondary N) is 1. The Labute approximate surface area is 122 Å². The molecule has 2 aromatic rings. The maximum absolute atomic E-state index is 13.8. The number of aromatic amines is 1. The quantitative estimate of drug-likeness (QED) is 0.927. The first-order valence-corrected chi connectivity index (χ1v) is 6.91. The molecule has 2 aromatic heterocycles. The van der Waals surface area contributed by atoms with Gasteiger partial charge in [0.1, 0.15) is 11.6 Å². The SMILES string of the molecule is CO[C@H]1C[C@@H](c2n[nH]c(C)n2)N(Cc2ccncc2F)C1. The van der Waals surface area contributed by atoms with Crippen molar-refractivity contribution in [3.63, 3.8) is 0 Å². The molecule has 0 spiro atoms. The number of halogens is 1. The number of methoxy groups -OCH3 is 1. The third-order valence-electron chi connectivity index (χ3n) is 3.84. The zero-order valence-electron chi connectivity index (χ0n) is 12.1. The molecule has 0 radical (unpaired) electrons. The second-order valence-electron chi connectivity index (χ2n) is 5.28. The van der Waals surface area contributed by atoms with Crippen molar-refractivity contribution >= 4 is 0 Å². The first-order valence-electron chi connectivity index (χ1n) is 6.91.